The second kappa shape index (κ2) is 9.50. The molecule has 8 heteroatoms. The van der Waals surface area contributed by atoms with E-state index >= 15 is 0 Å². The Bertz CT molecular complexity index is 972. The van der Waals surface area contributed by atoms with Gasteiger partial charge in [0, 0.05) is 12.1 Å². The van der Waals surface area contributed by atoms with Gasteiger partial charge in [-0.25, -0.2) is 8.42 Å². The zero-order valence-electron chi connectivity index (χ0n) is 16.3. The topological polar surface area (TPSA) is 84.5 Å². The standard InChI is InChI=1S/C21H25ClN2O4S/c1-28-19-12-11-16(23-21(25)13-10-15-6-2-3-7-15)14-20(19)29(26,27)24-18-9-5-4-8-17(18)22/h4-5,8-9,11-12,14-15,24H,2-3,6-7,10,13H2,1H3,(H,23,25). The number of rotatable bonds is 8. The van der Waals surface area contributed by atoms with Gasteiger partial charge in [-0.05, 0) is 42.7 Å². The van der Waals surface area contributed by atoms with E-state index in [2.05, 4.69) is 10.0 Å². The van der Waals surface area contributed by atoms with Gasteiger partial charge in [0.15, 0.2) is 0 Å². The molecule has 1 aliphatic carbocycles. The molecule has 0 radical (unpaired) electrons. The molecule has 1 amide bonds. The maximum atomic E-state index is 12.9. The van der Waals surface area contributed by atoms with Crippen LogP contribution < -0.4 is 14.8 Å². The van der Waals surface area contributed by atoms with E-state index in [0.717, 1.165) is 6.42 Å². The van der Waals surface area contributed by atoms with Gasteiger partial charge in [-0.1, -0.05) is 49.4 Å². The van der Waals surface area contributed by atoms with Gasteiger partial charge in [0.05, 0.1) is 17.8 Å². The van der Waals surface area contributed by atoms with E-state index in [1.54, 1.807) is 30.3 Å². The van der Waals surface area contributed by atoms with Crippen LogP contribution in [0.3, 0.4) is 0 Å². The maximum Gasteiger partial charge on any atom is 0.265 e. The molecule has 1 fully saturated rings. The summed E-state index contributed by atoms with van der Waals surface area (Å²) in [5, 5.41) is 3.08. The number of amides is 1. The molecule has 0 aliphatic heterocycles. The molecule has 1 saturated carbocycles. The summed E-state index contributed by atoms with van der Waals surface area (Å²) in [5.41, 5.74) is 0.670. The lowest BCUT2D eigenvalue weighted by Gasteiger charge is -2.14. The van der Waals surface area contributed by atoms with Crippen LogP contribution in [0.4, 0.5) is 11.4 Å². The first-order chi connectivity index (χ1) is 13.9. The first-order valence-corrected chi connectivity index (χ1v) is 11.5. The normalized spacial score (nSPS) is 14.6. The predicted molar refractivity (Wildman–Crippen MR) is 115 cm³/mol. The van der Waals surface area contributed by atoms with Crippen LogP contribution >= 0.6 is 11.6 Å². The number of carbonyl (C=O) groups excluding carboxylic acids is 1. The van der Waals surface area contributed by atoms with E-state index in [1.165, 1.54) is 44.9 Å². The molecular formula is C21H25ClN2O4S. The minimum Gasteiger partial charge on any atom is -0.495 e. The number of carbonyl (C=O) groups is 1. The number of para-hydroxylation sites is 1. The molecule has 156 valence electrons. The van der Waals surface area contributed by atoms with E-state index < -0.39 is 10.0 Å². The Morgan fingerprint density at radius 3 is 2.59 bits per heavy atom. The highest BCUT2D eigenvalue weighted by Gasteiger charge is 2.22. The molecule has 0 saturated heterocycles. The molecular weight excluding hydrogens is 412 g/mol. The molecule has 0 atom stereocenters. The van der Waals surface area contributed by atoms with E-state index in [4.69, 9.17) is 16.3 Å². The van der Waals surface area contributed by atoms with Crippen molar-refractivity contribution < 1.29 is 17.9 Å². The Morgan fingerprint density at radius 1 is 1.17 bits per heavy atom. The fourth-order valence-electron chi connectivity index (χ4n) is 3.57. The molecule has 0 heterocycles. The third-order valence-corrected chi connectivity index (χ3v) is 6.83. The highest BCUT2D eigenvalue weighted by atomic mass is 35.5. The van der Waals surface area contributed by atoms with E-state index in [9.17, 15) is 13.2 Å². The smallest absolute Gasteiger partial charge is 0.265 e. The fourth-order valence-corrected chi connectivity index (χ4v) is 5.08. The van der Waals surface area contributed by atoms with Crippen LogP contribution in [0.25, 0.3) is 0 Å². The number of hydrogen-bond acceptors (Lipinski definition) is 4. The van der Waals surface area contributed by atoms with Crippen molar-refractivity contribution in [3.8, 4) is 5.75 Å². The number of anilines is 2. The van der Waals surface area contributed by atoms with Crippen LogP contribution in [0.5, 0.6) is 5.75 Å². The van der Waals surface area contributed by atoms with Crippen molar-refractivity contribution in [3.63, 3.8) is 0 Å². The summed E-state index contributed by atoms with van der Waals surface area (Å²) < 4.78 is 33.5. The van der Waals surface area contributed by atoms with Crippen LogP contribution in [0.15, 0.2) is 47.4 Å². The zero-order chi connectivity index (χ0) is 20.9. The minimum atomic E-state index is -3.97. The van der Waals surface area contributed by atoms with Crippen molar-refractivity contribution in [3.05, 3.63) is 47.5 Å². The molecule has 0 unspecified atom stereocenters. The molecule has 2 aromatic rings. The molecule has 0 bridgehead atoms. The number of sulfonamides is 1. The maximum absolute atomic E-state index is 12.9. The summed E-state index contributed by atoms with van der Waals surface area (Å²) in [6.45, 7) is 0. The molecule has 2 N–H and O–H groups in total. The van der Waals surface area contributed by atoms with Gasteiger partial charge < -0.3 is 10.1 Å². The largest absolute Gasteiger partial charge is 0.495 e. The molecule has 3 rings (SSSR count). The zero-order valence-corrected chi connectivity index (χ0v) is 17.9. The second-order valence-electron chi connectivity index (χ2n) is 7.19. The SMILES string of the molecule is COc1ccc(NC(=O)CCC2CCCC2)cc1S(=O)(=O)Nc1ccccc1Cl. The Balaban J connectivity index is 1.75. The van der Waals surface area contributed by atoms with Gasteiger partial charge in [0.25, 0.3) is 10.0 Å². The summed E-state index contributed by atoms with van der Waals surface area (Å²) in [6.07, 6.45) is 6.14. The lowest BCUT2D eigenvalue weighted by Crippen LogP contribution is -2.16. The summed E-state index contributed by atoms with van der Waals surface area (Å²) in [6, 6.07) is 11.1. The fraction of sp³-hybridized carbons (Fsp3) is 0.381. The number of halogens is 1. The van der Waals surface area contributed by atoms with Crippen LogP contribution in [0.2, 0.25) is 5.02 Å². The average Bonchev–Trinajstić information content (AvgIpc) is 3.22. The third kappa shape index (κ3) is 5.64. The third-order valence-electron chi connectivity index (χ3n) is 5.11. The Labute approximate surface area is 176 Å². The molecule has 1 aliphatic rings. The summed E-state index contributed by atoms with van der Waals surface area (Å²) in [4.78, 5) is 12.2. The van der Waals surface area contributed by atoms with Gasteiger partial charge >= 0.3 is 0 Å². The van der Waals surface area contributed by atoms with Gasteiger partial charge in [0.1, 0.15) is 10.6 Å². The van der Waals surface area contributed by atoms with Crippen LogP contribution in [0.1, 0.15) is 38.5 Å². The number of benzene rings is 2. The van der Waals surface area contributed by atoms with Gasteiger partial charge in [-0.3, -0.25) is 9.52 Å². The van der Waals surface area contributed by atoms with Crippen molar-refractivity contribution in [2.45, 2.75) is 43.4 Å². The number of hydrogen-bond donors (Lipinski definition) is 2. The Kier molecular flexibility index (Phi) is 7.03. The van der Waals surface area contributed by atoms with Crippen LogP contribution in [-0.2, 0) is 14.8 Å². The number of nitrogens with one attached hydrogen (secondary N) is 2. The average molecular weight is 437 g/mol. The second-order valence-corrected chi connectivity index (χ2v) is 9.25. The van der Waals surface area contributed by atoms with Crippen LogP contribution in [0, 0.1) is 5.92 Å². The summed E-state index contributed by atoms with van der Waals surface area (Å²) in [7, 11) is -2.58. The minimum absolute atomic E-state index is 0.0755. The van der Waals surface area contributed by atoms with Crippen LogP contribution in [-0.4, -0.2) is 21.4 Å². The van der Waals surface area contributed by atoms with E-state index in [-0.39, 0.29) is 27.3 Å². The monoisotopic (exact) mass is 436 g/mol. The van der Waals surface area contributed by atoms with Crippen molar-refractivity contribution in [1.29, 1.82) is 0 Å². The van der Waals surface area contributed by atoms with Crippen molar-refractivity contribution in [1.82, 2.24) is 0 Å². The molecule has 0 spiro atoms. The molecule has 6 nitrogen and oxygen atoms in total. The summed E-state index contributed by atoms with van der Waals surface area (Å²) >= 11 is 6.06. The molecule has 2 aromatic carbocycles. The van der Waals surface area contributed by atoms with E-state index in [1.807, 2.05) is 0 Å². The van der Waals surface area contributed by atoms with Crippen molar-refractivity contribution in [2.75, 3.05) is 17.1 Å². The molecule has 0 aromatic heterocycles. The van der Waals surface area contributed by atoms with Crippen molar-refractivity contribution >= 4 is 38.9 Å². The lowest BCUT2D eigenvalue weighted by atomic mass is 10.0. The molecule has 29 heavy (non-hydrogen) atoms. The highest BCUT2D eigenvalue weighted by molar-refractivity contribution is 7.92. The first-order valence-electron chi connectivity index (χ1n) is 9.64. The van der Waals surface area contributed by atoms with Gasteiger partial charge in [0.2, 0.25) is 5.91 Å². The highest BCUT2D eigenvalue weighted by Crippen LogP contribution is 2.31. The quantitative estimate of drug-likeness (QED) is 0.605. The van der Waals surface area contributed by atoms with E-state index in [0.29, 0.717) is 18.0 Å². The summed E-state index contributed by atoms with van der Waals surface area (Å²) in [5.74, 6) is 0.672. The van der Waals surface area contributed by atoms with Crippen molar-refractivity contribution in [2.24, 2.45) is 5.92 Å². The van der Waals surface area contributed by atoms with Gasteiger partial charge in [-0.15, -0.1) is 0 Å². The lowest BCUT2D eigenvalue weighted by molar-refractivity contribution is -0.116. The number of methoxy groups -OCH3 is 1. The first kappa shape index (κ1) is 21.5. The van der Waals surface area contributed by atoms with Gasteiger partial charge in [-0.2, -0.15) is 0 Å². The number of ether oxygens (including phenoxy) is 1. The Morgan fingerprint density at radius 2 is 1.90 bits per heavy atom. The predicted octanol–water partition coefficient (Wildman–Crippen LogP) is 5.06. The Hall–Kier alpha value is -2.25.